The number of carbonyl (C=O) groups is 1. The molecule has 2 aromatic carbocycles. The van der Waals surface area contributed by atoms with E-state index >= 15 is 0 Å². The van der Waals surface area contributed by atoms with Gasteiger partial charge in [-0.3, -0.25) is 4.79 Å². The Morgan fingerprint density at radius 1 is 0.864 bits per heavy atom. The molecule has 2 aromatic rings. The molecule has 0 N–H and O–H groups in total. The van der Waals surface area contributed by atoms with Crippen LogP contribution in [0.1, 0.15) is 15.9 Å². The van der Waals surface area contributed by atoms with Crippen LogP contribution in [0.3, 0.4) is 0 Å². The molecule has 0 radical (unpaired) electrons. The van der Waals surface area contributed by atoms with Crippen molar-refractivity contribution in [3.05, 3.63) is 59.7 Å². The van der Waals surface area contributed by atoms with E-state index in [0.717, 1.165) is 5.56 Å². The third kappa shape index (κ3) is 3.28. The molecule has 114 valence electrons. The second kappa shape index (κ2) is 7.31. The highest BCUT2D eigenvalue weighted by Gasteiger charge is 2.19. The van der Waals surface area contributed by atoms with Crippen molar-refractivity contribution >= 4 is 11.9 Å². The number of methoxy groups -OCH3 is 3. The molecule has 0 saturated heterocycles. The van der Waals surface area contributed by atoms with Gasteiger partial charge in [-0.1, -0.05) is 36.4 Å². The van der Waals surface area contributed by atoms with Crippen molar-refractivity contribution < 1.29 is 19.0 Å². The first kappa shape index (κ1) is 15.6. The molecule has 0 bridgehead atoms. The van der Waals surface area contributed by atoms with E-state index in [1.54, 1.807) is 18.2 Å². The maximum Gasteiger partial charge on any atom is 0.204 e. The van der Waals surface area contributed by atoms with Crippen LogP contribution in [-0.4, -0.2) is 27.1 Å². The summed E-state index contributed by atoms with van der Waals surface area (Å²) in [5.74, 6) is 1.12. The second-order valence-electron chi connectivity index (χ2n) is 4.49. The Hall–Kier alpha value is -2.75. The summed E-state index contributed by atoms with van der Waals surface area (Å²) in [5, 5.41) is 0. The van der Waals surface area contributed by atoms with E-state index in [0.29, 0.717) is 22.8 Å². The number of rotatable bonds is 6. The van der Waals surface area contributed by atoms with Gasteiger partial charge < -0.3 is 14.2 Å². The largest absolute Gasteiger partial charge is 0.493 e. The smallest absolute Gasteiger partial charge is 0.204 e. The molecule has 0 amide bonds. The molecule has 22 heavy (non-hydrogen) atoms. The van der Waals surface area contributed by atoms with E-state index in [1.807, 2.05) is 30.3 Å². The van der Waals surface area contributed by atoms with Crippen LogP contribution in [-0.2, 0) is 0 Å². The summed E-state index contributed by atoms with van der Waals surface area (Å²) in [6.45, 7) is 0. The van der Waals surface area contributed by atoms with Crippen molar-refractivity contribution in [2.75, 3.05) is 21.3 Å². The van der Waals surface area contributed by atoms with Crippen LogP contribution in [0.15, 0.2) is 48.5 Å². The lowest BCUT2D eigenvalue weighted by Gasteiger charge is -2.14. The van der Waals surface area contributed by atoms with Gasteiger partial charge >= 0.3 is 0 Å². The van der Waals surface area contributed by atoms with Gasteiger partial charge in [-0.05, 0) is 23.8 Å². The third-order valence-electron chi connectivity index (χ3n) is 3.20. The number of ketones is 1. The molecule has 0 atom stereocenters. The molecule has 0 aromatic heterocycles. The Morgan fingerprint density at radius 2 is 1.55 bits per heavy atom. The summed E-state index contributed by atoms with van der Waals surface area (Å²) >= 11 is 0. The average Bonchev–Trinajstić information content (AvgIpc) is 2.58. The van der Waals surface area contributed by atoms with Crippen LogP contribution in [0.25, 0.3) is 6.08 Å². The number of hydrogen-bond acceptors (Lipinski definition) is 4. The SMILES string of the molecule is COc1ccc(C(=O)/C=C/c2ccccc2)c(OC)c1OC. The molecule has 4 heteroatoms. The van der Waals surface area contributed by atoms with Gasteiger partial charge in [0.1, 0.15) is 0 Å². The normalized spacial score (nSPS) is 10.5. The van der Waals surface area contributed by atoms with E-state index in [-0.39, 0.29) is 5.78 Å². The predicted octanol–water partition coefficient (Wildman–Crippen LogP) is 3.61. The monoisotopic (exact) mass is 298 g/mol. The van der Waals surface area contributed by atoms with Gasteiger partial charge in [-0.2, -0.15) is 0 Å². The minimum atomic E-state index is -0.165. The van der Waals surface area contributed by atoms with Crippen LogP contribution >= 0.6 is 0 Å². The van der Waals surface area contributed by atoms with Gasteiger partial charge in [-0.15, -0.1) is 0 Å². The molecule has 4 nitrogen and oxygen atoms in total. The minimum Gasteiger partial charge on any atom is -0.493 e. The van der Waals surface area contributed by atoms with Crippen molar-refractivity contribution in [2.24, 2.45) is 0 Å². The van der Waals surface area contributed by atoms with Gasteiger partial charge in [0.25, 0.3) is 0 Å². The quantitative estimate of drug-likeness (QED) is 0.603. The minimum absolute atomic E-state index is 0.165. The molecular formula is C18H18O4. The summed E-state index contributed by atoms with van der Waals surface area (Å²) in [6.07, 6.45) is 3.28. The highest BCUT2D eigenvalue weighted by atomic mass is 16.5. The molecule has 0 heterocycles. The second-order valence-corrected chi connectivity index (χ2v) is 4.49. The zero-order valence-electron chi connectivity index (χ0n) is 12.8. The Bertz CT molecular complexity index is 675. The van der Waals surface area contributed by atoms with E-state index in [9.17, 15) is 4.79 Å². The Morgan fingerprint density at radius 3 is 2.14 bits per heavy atom. The maximum atomic E-state index is 12.4. The Labute approximate surface area is 129 Å². The highest BCUT2D eigenvalue weighted by Crippen LogP contribution is 2.39. The topological polar surface area (TPSA) is 44.8 Å². The molecule has 0 aliphatic heterocycles. The summed E-state index contributed by atoms with van der Waals surface area (Å²) in [7, 11) is 4.54. The maximum absolute atomic E-state index is 12.4. The summed E-state index contributed by atoms with van der Waals surface area (Å²) in [4.78, 5) is 12.4. The highest BCUT2D eigenvalue weighted by molar-refractivity contribution is 6.09. The number of benzene rings is 2. The molecule has 2 rings (SSSR count). The zero-order valence-corrected chi connectivity index (χ0v) is 12.8. The lowest BCUT2D eigenvalue weighted by Crippen LogP contribution is -2.02. The Kier molecular flexibility index (Phi) is 5.20. The summed E-state index contributed by atoms with van der Waals surface area (Å²) < 4.78 is 15.8. The van der Waals surface area contributed by atoms with Gasteiger partial charge in [0, 0.05) is 0 Å². The van der Waals surface area contributed by atoms with Crippen LogP contribution < -0.4 is 14.2 Å². The predicted molar refractivity (Wildman–Crippen MR) is 85.9 cm³/mol. The fourth-order valence-electron chi connectivity index (χ4n) is 2.12. The van der Waals surface area contributed by atoms with Crippen molar-refractivity contribution in [1.29, 1.82) is 0 Å². The molecule has 0 saturated carbocycles. The van der Waals surface area contributed by atoms with Crippen LogP contribution in [0, 0.1) is 0 Å². The van der Waals surface area contributed by atoms with Gasteiger partial charge in [0.15, 0.2) is 17.3 Å². The van der Waals surface area contributed by atoms with E-state index < -0.39 is 0 Å². The van der Waals surface area contributed by atoms with Gasteiger partial charge in [0.05, 0.1) is 26.9 Å². The van der Waals surface area contributed by atoms with Crippen molar-refractivity contribution in [3.63, 3.8) is 0 Å². The van der Waals surface area contributed by atoms with E-state index in [4.69, 9.17) is 14.2 Å². The fraction of sp³-hybridized carbons (Fsp3) is 0.167. The molecule has 0 unspecified atom stereocenters. The van der Waals surface area contributed by atoms with E-state index in [1.165, 1.54) is 27.4 Å². The van der Waals surface area contributed by atoms with Gasteiger partial charge in [0.2, 0.25) is 5.75 Å². The van der Waals surface area contributed by atoms with Crippen molar-refractivity contribution in [3.8, 4) is 17.2 Å². The lowest BCUT2D eigenvalue weighted by molar-refractivity contribution is 0.104. The fourth-order valence-corrected chi connectivity index (χ4v) is 2.12. The summed E-state index contributed by atoms with van der Waals surface area (Å²) in [6, 6.07) is 13.0. The Balaban J connectivity index is 2.35. The number of ether oxygens (including phenoxy) is 3. The standard InChI is InChI=1S/C18H18O4/c1-20-16-12-10-14(17(21-2)18(16)22-3)15(19)11-9-13-7-5-4-6-8-13/h4-12H,1-3H3/b11-9+. The van der Waals surface area contributed by atoms with Crippen molar-refractivity contribution in [1.82, 2.24) is 0 Å². The lowest BCUT2D eigenvalue weighted by atomic mass is 10.1. The first-order valence-electron chi connectivity index (χ1n) is 6.77. The van der Waals surface area contributed by atoms with Crippen molar-refractivity contribution in [2.45, 2.75) is 0 Å². The number of hydrogen-bond donors (Lipinski definition) is 0. The first-order valence-corrected chi connectivity index (χ1v) is 6.77. The number of carbonyl (C=O) groups excluding carboxylic acids is 1. The van der Waals surface area contributed by atoms with E-state index in [2.05, 4.69) is 0 Å². The molecule has 0 fully saturated rings. The van der Waals surface area contributed by atoms with Gasteiger partial charge in [-0.25, -0.2) is 0 Å². The molecule has 0 spiro atoms. The zero-order chi connectivity index (χ0) is 15.9. The van der Waals surface area contributed by atoms with Crippen LogP contribution in [0.4, 0.5) is 0 Å². The molecular weight excluding hydrogens is 280 g/mol. The summed E-state index contributed by atoms with van der Waals surface area (Å²) in [5.41, 5.74) is 1.38. The third-order valence-corrected chi connectivity index (χ3v) is 3.20. The van der Waals surface area contributed by atoms with Crippen LogP contribution in [0.2, 0.25) is 0 Å². The number of allylic oxidation sites excluding steroid dienone is 1. The average molecular weight is 298 g/mol. The molecule has 0 aliphatic rings. The van der Waals surface area contributed by atoms with Crippen LogP contribution in [0.5, 0.6) is 17.2 Å². The first-order chi connectivity index (χ1) is 10.7. The molecule has 0 aliphatic carbocycles.